The summed E-state index contributed by atoms with van der Waals surface area (Å²) in [6.45, 7) is 6.34. The summed E-state index contributed by atoms with van der Waals surface area (Å²) in [6, 6.07) is 10.1. The first-order valence-corrected chi connectivity index (χ1v) is 7.47. The number of aryl methyl sites for hydroxylation is 1. The first kappa shape index (κ1) is 15.8. The van der Waals surface area contributed by atoms with E-state index in [1.54, 1.807) is 6.20 Å². The standard InChI is InChI=1S/C17H21N5/c1-4-5-14-10-13(11-18)6-7-15(14)22(12(2)3)16-8-9-20-17(19)21-16/h6-10,12H,4-5H2,1-3H3,(H2,19,20,21). The van der Waals surface area contributed by atoms with Crippen molar-refractivity contribution >= 4 is 17.5 Å². The molecule has 0 saturated heterocycles. The molecule has 0 aliphatic heterocycles. The van der Waals surface area contributed by atoms with Crippen LogP contribution in [0.15, 0.2) is 30.5 Å². The Labute approximate surface area is 131 Å². The zero-order valence-electron chi connectivity index (χ0n) is 13.2. The molecule has 0 aliphatic rings. The molecule has 5 heteroatoms. The van der Waals surface area contributed by atoms with E-state index >= 15 is 0 Å². The van der Waals surface area contributed by atoms with E-state index in [9.17, 15) is 0 Å². The maximum absolute atomic E-state index is 9.12. The molecule has 1 aromatic heterocycles. The summed E-state index contributed by atoms with van der Waals surface area (Å²) < 4.78 is 0. The predicted octanol–water partition coefficient (Wildman–Crippen LogP) is 3.43. The van der Waals surface area contributed by atoms with Crippen LogP contribution in [0.4, 0.5) is 17.5 Å². The fourth-order valence-electron chi connectivity index (χ4n) is 2.52. The van der Waals surface area contributed by atoms with E-state index in [0.29, 0.717) is 5.56 Å². The Morgan fingerprint density at radius 3 is 2.68 bits per heavy atom. The van der Waals surface area contributed by atoms with Crippen molar-refractivity contribution in [3.05, 3.63) is 41.6 Å². The third-order valence-electron chi connectivity index (χ3n) is 3.41. The molecule has 0 spiro atoms. The molecule has 0 atom stereocenters. The van der Waals surface area contributed by atoms with Gasteiger partial charge in [-0.2, -0.15) is 10.2 Å². The van der Waals surface area contributed by atoms with E-state index in [4.69, 9.17) is 11.0 Å². The Hall–Kier alpha value is -2.61. The van der Waals surface area contributed by atoms with Crippen LogP contribution in [0, 0.1) is 11.3 Å². The van der Waals surface area contributed by atoms with Gasteiger partial charge in [-0.05, 0) is 50.1 Å². The lowest BCUT2D eigenvalue weighted by atomic mass is 10.0. The fourth-order valence-corrected chi connectivity index (χ4v) is 2.52. The van der Waals surface area contributed by atoms with Crippen LogP contribution in [0.25, 0.3) is 0 Å². The predicted molar refractivity (Wildman–Crippen MR) is 88.9 cm³/mol. The van der Waals surface area contributed by atoms with Crippen LogP contribution in [0.2, 0.25) is 0 Å². The lowest BCUT2D eigenvalue weighted by Crippen LogP contribution is -2.27. The third kappa shape index (κ3) is 3.34. The van der Waals surface area contributed by atoms with Crippen molar-refractivity contribution in [1.82, 2.24) is 9.97 Å². The van der Waals surface area contributed by atoms with E-state index in [0.717, 1.165) is 29.9 Å². The molecule has 5 nitrogen and oxygen atoms in total. The van der Waals surface area contributed by atoms with Gasteiger partial charge in [0.1, 0.15) is 5.82 Å². The highest BCUT2D eigenvalue weighted by Gasteiger charge is 2.18. The molecular weight excluding hydrogens is 274 g/mol. The molecule has 0 amide bonds. The number of aromatic nitrogens is 2. The minimum Gasteiger partial charge on any atom is -0.368 e. The molecule has 1 heterocycles. The summed E-state index contributed by atoms with van der Waals surface area (Å²) in [4.78, 5) is 10.4. The van der Waals surface area contributed by atoms with Gasteiger partial charge in [-0.3, -0.25) is 0 Å². The van der Waals surface area contributed by atoms with Crippen molar-refractivity contribution in [2.24, 2.45) is 0 Å². The van der Waals surface area contributed by atoms with Gasteiger partial charge in [0, 0.05) is 17.9 Å². The van der Waals surface area contributed by atoms with E-state index in [-0.39, 0.29) is 12.0 Å². The summed E-state index contributed by atoms with van der Waals surface area (Å²) in [7, 11) is 0. The molecule has 114 valence electrons. The van der Waals surface area contributed by atoms with Gasteiger partial charge in [0.15, 0.2) is 0 Å². The van der Waals surface area contributed by atoms with Crippen molar-refractivity contribution in [2.75, 3.05) is 10.6 Å². The lowest BCUT2D eigenvalue weighted by molar-refractivity contribution is 0.767. The van der Waals surface area contributed by atoms with Gasteiger partial charge in [0.2, 0.25) is 5.95 Å². The maximum Gasteiger partial charge on any atom is 0.221 e. The summed E-state index contributed by atoms with van der Waals surface area (Å²) in [5, 5.41) is 9.12. The van der Waals surface area contributed by atoms with Crippen LogP contribution >= 0.6 is 0 Å². The number of nitriles is 1. The normalized spacial score (nSPS) is 10.5. The molecule has 0 saturated carbocycles. The highest BCUT2D eigenvalue weighted by atomic mass is 15.2. The zero-order valence-corrected chi connectivity index (χ0v) is 13.2. The molecule has 1 aromatic carbocycles. The monoisotopic (exact) mass is 295 g/mol. The van der Waals surface area contributed by atoms with Crippen molar-refractivity contribution in [2.45, 2.75) is 39.7 Å². The van der Waals surface area contributed by atoms with E-state index in [2.05, 4.69) is 41.7 Å². The number of nitrogens with two attached hydrogens (primary N) is 1. The Kier molecular flexibility index (Phi) is 4.95. The minimum absolute atomic E-state index is 0.206. The smallest absolute Gasteiger partial charge is 0.221 e. The Bertz CT molecular complexity index is 688. The quantitative estimate of drug-likeness (QED) is 0.914. The van der Waals surface area contributed by atoms with E-state index in [1.165, 1.54) is 0 Å². The Morgan fingerprint density at radius 1 is 1.32 bits per heavy atom. The molecule has 2 aromatic rings. The molecule has 2 rings (SSSR count). The summed E-state index contributed by atoms with van der Waals surface area (Å²) >= 11 is 0. The van der Waals surface area contributed by atoms with Crippen molar-refractivity contribution in [3.8, 4) is 6.07 Å². The first-order chi connectivity index (χ1) is 10.6. The molecular formula is C17H21N5. The number of benzene rings is 1. The summed E-state index contributed by atoms with van der Waals surface area (Å²) in [6.07, 6.45) is 3.59. The molecule has 2 N–H and O–H groups in total. The van der Waals surface area contributed by atoms with Crippen LogP contribution in [-0.4, -0.2) is 16.0 Å². The molecule has 0 unspecified atom stereocenters. The van der Waals surface area contributed by atoms with Gasteiger partial charge in [-0.25, -0.2) is 4.98 Å². The third-order valence-corrected chi connectivity index (χ3v) is 3.41. The molecule has 0 aliphatic carbocycles. The van der Waals surface area contributed by atoms with Crippen LogP contribution in [0.5, 0.6) is 0 Å². The number of hydrogen-bond acceptors (Lipinski definition) is 5. The topological polar surface area (TPSA) is 78.8 Å². The Balaban J connectivity index is 2.56. The second-order valence-corrected chi connectivity index (χ2v) is 5.44. The largest absolute Gasteiger partial charge is 0.368 e. The Morgan fingerprint density at radius 2 is 2.09 bits per heavy atom. The molecule has 0 fully saturated rings. The number of rotatable bonds is 5. The van der Waals surface area contributed by atoms with Gasteiger partial charge >= 0.3 is 0 Å². The zero-order chi connectivity index (χ0) is 16.1. The van der Waals surface area contributed by atoms with E-state index < -0.39 is 0 Å². The van der Waals surface area contributed by atoms with Gasteiger partial charge in [0.05, 0.1) is 11.6 Å². The highest BCUT2D eigenvalue weighted by molar-refractivity contribution is 5.66. The van der Waals surface area contributed by atoms with E-state index in [1.807, 2.05) is 24.3 Å². The number of hydrogen-bond donors (Lipinski definition) is 1. The second kappa shape index (κ2) is 6.90. The van der Waals surface area contributed by atoms with Gasteiger partial charge in [-0.1, -0.05) is 13.3 Å². The van der Waals surface area contributed by atoms with Crippen molar-refractivity contribution in [1.29, 1.82) is 5.26 Å². The average molecular weight is 295 g/mol. The average Bonchev–Trinajstić information content (AvgIpc) is 2.49. The molecule has 0 bridgehead atoms. The fraction of sp³-hybridized carbons (Fsp3) is 0.353. The maximum atomic E-state index is 9.12. The molecule has 0 radical (unpaired) electrons. The highest BCUT2D eigenvalue weighted by Crippen LogP contribution is 2.31. The van der Waals surface area contributed by atoms with Crippen LogP contribution < -0.4 is 10.6 Å². The SMILES string of the molecule is CCCc1cc(C#N)ccc1N(c1ccnc(N)n1)C(C)C. The minimum atomic E-state index is 0.206. The first-order valence-electron chi connectivity index (χ1n) is 7.47. The number of anilines is 3. The van der Waals surface area contributed by atoms with Crippen LogP contribution in [0.1, 0.15) is 38.3 Å². The van der Waals surface area contributed by atoms with Crippen molar-refractivity contribution in [3.63, 3.8) is 0 Å². The van der Waals surface area contributed by atoms with Crippen LogP contribution in [-0.2, 0) is 6.42 Å². The van der Waals surface area contributed by atoms with Crippen LogP contribution in [0.3, 0.4) is 0 Å². The number of nitrogen functional groups attached to an aromatic ring is 1. The summed E-state index contributed by atoms with van der Waals surface area (Å²) in [5.41, 5.74) is 8.61. The number of nitrogens with zero attached hydrogens (tertiary/aromatic N) is 4. The second-order valence-electron chi connectivity index (χ2n) is 5.44. The van der Waals surface area contributed by atoms with Gasteiger partial charge < -0.3 is 10.6 Å². The van der Waals surface area contributed by atoms with Gasteiger partial charge in [-0.15, -0.1) is 0 Å². The molecule has 22 heavy (non-hydrogen) atoms. The lowest BCUT2D eigenvalue weighted by Gasteiger charge is -2.30. The van der Waals surface area contributed by atoms with Gasteiger partial charge in [0.25, 0.3) is 0 Å². The van der Waals surface area contributed by atoms with Crippen molar-refractivity contribution < 1.29 is 0 Å². The summed E-state index contributed by atoms with van der Waals surface area (Å²) in [5.74, 6) is 1.03.